The Labute approximate surface area is 158 Å². The molecule has 1 heterocycles. The van der Waals surface area contributed by atoms with Crippen molar-refractivity contribution in [3.63, 3.8) is 0 Å². The van der Waals surface area contributed by atoms with Gasteiger partial charge in [-0.15, -0.1) is 0 Å². The molecule has 1 fully saturated rings. The highest BCUT2D eigenvalue weighted by atomic mass is 32.2. The van der Waals surface area contributed by atoms with Gasteiger partial charge in [-0.05, 0) is 36.1 Å². The molecule has 1 saturated heterocycles. The maximum atomic E-state index is 12.8. The summed E-state index contributed by atoms with van der Waals surface area (Å²) in [5.74, 6) is -0.936. The van der Waals surface area contributed by atoms with E-state index in [-0.39, 0.29) is 16.5 Å². The number of carbonyl (C=O) groups is 1. The molecule has 0 bridgehead atoms. The van der Waals surface area contributed by atoms with Gasteiger partial charge in [-0.2, -0.15) is 4.31 Å². The lowest BCUT2D eigenvalue weighted by Gasteiger charge is -2.29. The standard InChI is InChI=1S/C19H23N3O4S/c20-16-10-12-22(13-11-16)27(25,26)17-8-6-15(7-9-17)19(24,18(21)23)14-4-2-1-3-5-14/h1-9,16,24H,10-13,20H2,(H2,21,23). The van der Waals surface area contributed by atoms with Crippen molar-refractivity contribution in [1.29, 1.82) is 0 Å². The molecule has 0 spiro atoms. The van der Waals surface area contributed by atoms with Crippen molar-refractivity contribution >= 4 is 15.9 Å². The molecule has 144 valence electrons. The van der Waals surface area contributed by atoms with Gasteiger partial charge in [0.2, 0.25) is 10.0 Å². The van der Waals surface area contributed by atoms with Crippen LogP contribution in [-0.2, 0) is 20.4 Å². The van der Waals surface area contributed by atoms with Crippen LogP contribution in [0.15, 0.2) is 59.5 Å². The number of hydrogen-bond acceptors (Lipinski definition) is 5. The van der Waals surface area contributed by atoms with Crippen molar-refractivity contribution in [2.45, 2.75) is 29.4 Å². The van der Waals surface area contributed by atoms with Crippen LogP contribution < -0.4 is 11.5 Å². The summed E-state index contributed by atoms with van der Waals surface area (Å²) in [6.45, 7) is 0.751. The summed E-state index contributed by atoms with van der Waals surface area (Å²) in [7, 11) is -3.65. The first-order valence-electron chi connectivity index (χ1n) is 8.70. The van der Waals surface area contributed by atoms with Gasteiger partial charge < -0.3 is 16.6 Å². The summed E-state index contributed by atoms with van der Waals surface area (Å²) in [6, 6.07) is 13.9. The van der Waals surface area contributed by atoms with E-state index in [1.165, 1.54) is 28.6 Å². The quantitative estimate of drug-likeness (QED) is 0.687. The number of rotatable bonds is 5. The SMILES string of the molecule is NC(=O)C(O)(c1ccccc1)c1ccc(S(=O)(=O)N2CCC(N)CC2)cc1. The van der Waals surface area contributed by atoms with E-state index in [1.54, 1.807) is 30.3 Å². The summed E-state index contributed by atoms with van der Waals surface area (Å²) in [6.07, 6.45) is 1.24. The molecular formula is C19H23N3O4S. The Morgan fingerprint density at radius 3 is 2.04 bits per heavy atom. The fraction of sp³-hybridized carbons (Fsp3) is 0.316. The van der Waals surface area contributed by atoms with Crippen LogP contribution in [0.1, 0.15) is 24.0 Å². The maximum Gasteiger partial charge on any atom is 0.258 e. The second-order valence-corrected chi connectivity index (χ2v) is 8.64. The molecule has 0 saturated carbocycles. The minimum Gasteiger partial charge on any atom is -0.372 e. The molecule has 1 aliphatic rings. The van der Waals surface area contributed by atoms with Gasteiger partial charge >= 0.3 is 0 Å². The summed E-state index contributed by atoms with van der Waals surface area (Å²) in [4.78, 5) is 12.1. The van der Waals surface area contributed by atoms with Crippen molar-refractivity contribution < 1.29 is 18.3 Å². The number of benzene rings is 2. The number of amides is 1. The molecule has 1 unspecified atom stereocenters. The van der Waals surface area contributed by atoms with Crippen molar-refractivity contribution in [3.05, 3.63) is 65.7 Å². The number of nitrogens with zero attached hydrogens (tertiary/aromatic N) is 1. The average Bonchev–Trinajstić information content (AvgIpc) is 2.68. The molecule has 1 aliphatic heterocycles. The smallest absolute Gasteiger partial charge is 0.258 e. The molecule has 27 heavy (non-hydrogen) atoms. The fourth-order valence-electron chi connectivity index (χ4n) is 3.26. The number of carbonyl (C=O) groups excluding carboxylic acids is 1. The van der Waals surface area contributed by atoms with E-state index in [2.05, 4.69) is 0 Å². The second kappa shape index (κ2) is 7.40. The molecular weight excluding hydrogens is 366 g/mol. The van der Waals surface area contributed by atoms with Crippen molar-refractivity contribution in [3.8, 4) is 0 Å². The lowest BCUT2D eigenvalue weighted by atomic mass is 9.86. The van der Waals surface area contributed by atoms with E-state index in [1.807, 2.05) is 0 Å². The Morgan fingerprint density at radius 1 is 1.00 bits per heavy atom. The van der Waals surface area contributed by atoms with E-state index >= 15 is 0 Å². The predicted octanol–water partition coefficient (Wildman–Crippen LogP) is 0.520. The van der Waals surface area contributed by atoms with Gasteiger partial charge in [0.25, 0.3) is 5.91 Å². The number of piperidine rings is 1. The number of primary amides is 1. The summed E-state index contributed by atoms with van der Waals surface area (Å²) >= 11 is 0. The molecule has 1 amide bonds. The first-order valence-corrected chi connectivity index (χ1v) is 10.1. The predicted molar refractivity (Wildman–Crippen MR) is 101 cm³/mol. The van der Waals surface area contributed by atoms with E-state index in [0.717, 1.165) is 0 Å². The molecule has 0 radical (unpaired) electrons. The highest BCUT2D eigenvalue weighted by Gasteiger charge is 2.38. The molecule has 3 rings (SSSR count). The molecule has 5 N–H and O–H groups in total. The summed E-state index contributed by atoms with van der Waals surface area (Å²) in [5, 5.41) is 11.0. The van der Waals surface area contributed by atoms with E-state index in [0.29, 0.717) is 31.5 Å². The highest BCUT2D eigenvalue weighted by molar-refractivity contribution is 7.89. The lowest BCUT2D eigenvalue weighted by Crippen LogP contribution is -2.43. The molecule has 7 nitrogen and oxygen atoms in total. The van der Waals surface area contributed by atoms with Crippen molar-refractivity contribution in [2.75, 3.05) is 13.1 Å². The van der Waals surface area contributed by atoms with Gasteiger partial charge in [0.15, 0.2) is 5.60 Å². The van der Waals surface area contributed by atoms with Gasteiger partial charge in [-0.25, -0.2) is 8.42 Å². The van der Waals surface area contributed by atoms with Gasteiger partial charge in [0, 0.05) is 19.1 Å². The number of sulfonamides is 1. The first-order chi connectivity index (χ1) is 12.8. The van der Waals surface area contributed by atoms with Crippen LogP contribution in [0.4, 0.5) is 0 Å². The molecule has 0 aliphatic carbocycles. The van der Waals surface area contributed by atoms with E-state index < -0.39 is 21.5 Å². The minimum absolute atomic E-state index is 0.0234. The Hall–Kier alpha value is -2.26. The minimum atomic E-state index is -3.65. The Morgan fingerprint density at radius 2 is 1.52 bits per heavy atom. The molecule has 1 atom stereocenters. The van der Waals surface area contributed by atoms with Crippen LogP contribution in [0.3, 0.4) is 0 Å². The zero-order valence-electron chi connectivity index (χ0n) is 14.8. The molecule has 2 aromatic carbocycles. The molecule has 0 aromatic heterocycles. The van der Waals surface area contributed by atoms with Crippen LogP contribution in [0.25, 0.3) is 0 Å². The second-order valence-electron chi connectivity index (χ2n) is 6.71. The lowest BCUT2D eigenvalue weighted by molar-refractivity contribution is -0.133. The van der Waals surface area contributed by atoms with Crippen LogP contribution in [-0.4, -0.2) is 42.9 Å². The topological polar surface area (TPSA) is 127 Å². The van der Waals surface area contributed by atoms with Gasteiger partial charge in [0.05, 0.1) is 4.90 Å². The zero-order valence-corrected chi connectivity index (χ0v) is 15.6. The Bertz CT molecular complexity index is 908. The highest BCUT2D eigenvalue weighted by Crippen LogP contribution is 2.31. The third kappa shape index (κ3) is 3.61. The largest absolute Gasteiger partial charge is 0.372 e. The first kappa shape index (κ1) is 19.5. The number of hydrogen-bond donors (Lipinski definition) is 3. The van der Waals surface area contributed by atoms with Crippen molar-refractivity contribution in [2.24, 2.45) is 11.5 Å². The zero-order chi connectivity index (χ0) is 19.7. The number of aliphatic hydroxyl groups is 1. The maximum absolute atomic E-state index is 12.8. The Kier molecular flexibility index (Phi) is 5.34. The average molecular weight is 389 g/mol. The van der Waals surface area contributed by atoms with Gasteiger partial charge in [-0.1, -0.05) is 42.5 Å². The van der Waals surface area contributed by atoms with Crippen LogP contribution in [0, 0.1) is 0 Å². The monoisotopic (exact) mass is 389 g/mol. The fourth-order valence-corrected chi connectivity index (χ4v) is 4.73. The van der Waals surface area contributed by atoms with Crippen LogP contribution in [0.2, 0.25) is 0 Å². The molecule has 2 aromatic rings. The van der Waals surface area contributed by atoms with E-state index in [4.69, 9.17) is 11.5 Å². The normalized spacial score (nSPS) is 18.7. The summed E-state index contributed by atoms with van der Waals surface area (Å²) < 4.78 is 27.0. The van der Waals surface area contributed by atoms with Gasteiger partial charge in [0.1, 0.15) is 0 Å². The molecule has 8 heteroatoms. The van der Waals surface area contributed by atoms with Gasteiger partial charge in [-0.3, -0.25) is 4.79 Å². The Balaban J connectivity index is 1.93. The third-order valence-corrected chi connectivity index (χ3v) is 6.87. The number of nitrogens with two attached hydrogens (primary N) is 2. The third-order valence-electron chi connectivity index (χ3n) is 4.96. The van der Waals surface area contributed by atoms with E-state index in [9.17, 15) is 18.3 Å². The van der Waals surface area contributed by atoms with Crippen molar-refractivity contribution in [1.82, 2.24) is 4.31 Å². The summed E-state index contributed by atoms with van der Waals surface area (Å²) in [5.41, 5.74) is 9.79. The van der Waals surface area contributed by atoms with Crippen LogP contribution in [0.5, 0.6) is 0 Å². The van der Waals surface area contributed by atoms with Crippen LogP contribution >= 0.6 is 0 Å².